The maximum absolute atomic E-state index is 14.7. The van der Waals surface area contributed by atoms with Crippen molar-refractivity contribution in [1.29, 1.82) is 0 Å². The average Bonchev–Trinajstić information content (AvgIpc) is 3.66. The average molecular weight is 691 g/mol. The molecule has 1 aromatic heterocycles. The molecule has 0 bridgehead atoms. The highest BCUT2D eigenvalue weighted by Gasteiger charge is 2.52. The second-order valence-electron chi connectivity index (χ2n) is 16.8. The van der Waals surface area contributed by atoms with Crippen molar-refractivity contribution < 1.29 is 28.8 Å². The predicted molar refractivity (Wildman–Crippen MR) is 189 cm³/mol. The Balaban J connectivity index is 1.35. The molecule has 4 fully saturated rings. The molecule has 5 rings (SSSR count). The quantitative estimate of drug-likeness (QED) is 0.152. The van der Waals surface area contributed by atoms with Gasteiger partial charge in [0, 0.05) is 50.0 Å². The minimum Gasteiger partial charge on any atom is -0.344 e. The Morgan fingerprint density at radius 3 is 2.26 bits per heavy atom. The van der Waals surface area contributed by atoms with Crippen molar-refractivity contribution in [2.75, 3.05) is 6.54 Å². The van der Waals surface area contributed by atoms with Crippen LogP contribution in [0.1, 0.15) is 141 Å². The lowest BCUT2D eigenvalue weighted by Gasteiger charge is -2.37. The molecule has 274 valence electrons. The lowest BCUT2D eigenvalue weighted by atomic mass is 9.80. The molecule has 4 aliphatic rings. The van der Waals surface area contributed by atoms with Crippen LogP contribution in [-0.2, 0) is 24.0 Å². The Kier molecular flexibility index (Phi) is 12.8. The minimum absolute atomic E-state index is 0.00553. The van der Waals surface area contributed by atoms with Gasteiger partial charge in [-0.15, -0.1) is 0 Å². The molecule has 50 heavy (non-hydrogen) atoms. The number of nitrogens with one attached hydrogen (secondary N) is 1. The SMILES string of the molecule is CCC[C@H](CC(=O)[C@@H]1[C@H]2CCC[C@H]2CN1C(=O)[C@@H](NC(=O)[C@@H](CC(=O)c1cnccn1)CC1CCCCC1)C(C)(C)C)C(=O)C(=O)CC1CC1. The number of likely N-dealkylation sites (tertiary alicyclic amines) is 1. The van der Waals surface area contributed by atoms with Gasteiger partial charge in [0.2, 0.25) is 17.6 Å². The van der Waals surface area contributed by atoms with Crippen molar-refractivity contribution in [3.63, 3.8) is 0 Å². The van der Waals surface area contributed by atoms with Gasteiger partial charge in [-0.25, -0.2) is 4.98 Å². The number of amides is 2. The maximum atomic E-state index is 14.7. The molecule has 1 aliphatic heterocycles. The number of nitrogens with zero attached hydrogens (tertiary/aromatic N) is 3. The first-order chi connectivity index (χ1) is 23.9. The van der Waals surface area contributed by atoms with E-state index in [9.17, 15) is 28.8 Å². The molecule has 1 N–H and O–H groups in total. The normalized spacial score (nSPS) is 24.2. The van der Waals surface area contributed by atoms with Crippen LogP contribution in [-0.4, -0.2) is 68.4 Å². The highest BCUT2D eigenvalue weighted by Crippen LogP contribution is 2.44. The molecule has 6 atom stereocenters. The summed E-state index contributed by atoms with van der Waals surface area (Å²) in [6.45, 7) is 8.11. The van der Waals surface area contributed by atoms with E-state index in [-0.39, 0.29) is 66.0 Å². The summed E-state index contributed by atoms with van der Waals surface area (Å²) in [5.41, 5.74) is -0.463. The Hall–Kier alpha value is -3.30. The van der Waals surface area contributed by atoms with E-state index < -0.39 is 35.1 Å². The van der Waals surface area contributed by atoms with Crippen molar-refractivity contribution in [2.24, 2.45) is 40.9 Å². The summed E-state index contributed by atoms with van der Waals surface area (Å²) >= 11 is 0. The summed E-state index contributed by atoms with van der Waals surface area (Å²) in [5.74, 6) is -2.31. The van der Waals surface area contributed by atoms with Gasteiger partial charge in [-0.1, -0.05) is 72.6 Å². The molecular weight excluding hydrogens is 632 g/mol. The number of fused-ring (bicyclic) bond motifs is 1. The zero-order valence-corrected chi connectivity index (χ0v) is 30.7. The Labute approximate surface area is 297 Å². The monoisotopic (exact) mass is 690 g/mol. The van der Waals surface area contributed by atoms with Gasteiger partial charge in [0.05, 0.1) is 12.2 Å². The third-order valence-electron chi connectivity index (χ3n) is 11.8. The van der Waals surface area contributed by atoms with E-state index in [0.717, 1.165) is 57.8 Å². The van der Waals surface area contributed by atoms with Gasteiger partial charge in [0.1, 0.15) is 11.7 Å². The van der Waals surface area contributed by atoms with Crippen LogP contribution in [0.2, 0.25) is 0 Å². The lowest BCUT2D eigenvalue weighted by Crippen LogP contribution is -2.58. The lowest BCUT2D eigenvalue weighted by molar-refractivity contribution is -0.146. The summed E-state index contributed by atoms with van der Waals surface area (Å²) in [5, 5.41) is 3.10. The molecule has 1 saturated heterocycles. The first-order valence-corrected chi connectivity index (χ1v) is 19.4. The van der Waals surface area contributed by atoms with Crippen LogP contribution < -0.4 is 5.32 Å². The number of rotatable bonds is 17. The molecule has 10 heteroatoms. The standard InChI is InChI=1S/C40H58N4O6/c1-5-10-27(36(48)34(47)20-26-15-16-26)21-33(46)35-30-14-9-13-28(30)24-44(35)39(50)37(40(2,3)4)43-38(49)29(19-25-11-7-6-8-12-25)22-32(45)31-23-41-17-18-42-31/h17-18,23,25-30,35,37H,5-16,19-22,24H2,1-4H3,(H,43,49)/t27-,28+,29-,30+,35+,37-/m1/s1. The van der Waals surface area contributed by atoms with Gasteiger partial charge >= 0.3 is 0 Å². The number of hydrogen-bond donors (Lipinski definition) is 1. The zero-order chi connectivity index (χ0) is 36.0. The number of hydrogen-bond acceptors (Lipinski definition) is 8. The van der Waals surface area contributed by atoms with Gasteiger partial charge in [0.25, 0.3) is 0 Å². The van der Waals surface area contributed by atoms with Gasteiger partial charge in [0.15, 0.2) is 17.3 Å². The predicted octanol–water partition coefficient (Wildman–Crippen LogP) is 6.11. The summed E-state index contributed by atoms with van der Waals surface area (Å²) < 4.78 is 0. The molecule has 2 heterocycles. The zero-order valence-electron chi connectivity index (χ0n) is 30.7. The number of carbonyl (C=O) groups excluding carboxylic acids is 6. The first kappa shape index (κ1) is 37.9. The summed E-state index contributed by atoms with van der Waals surface area (Å²) in [6, 6.07) is -1.60. The highest BCUT2D eigenvalue weighted by molar-refractivity contribution is 6.38. The van der Waals surface area contributed by atoms with Gasteiger partial charge in [-0.05, 0) is 67.6 Å². The van der Waals surface area contributed by atoms with Gasteiger partial charge < -0.3 is 10.2 Å². The summed E-state index contributed by atoms with van der Waals surface area (Å²) in [7, 11) is 0. The number of aromatic nitrogens is 2. The molecule has 10 nitrogen and oxygen atoms in total. The topological polar surface area (TPSA) is 143 Å². The second-order valence-corrected chi connectivity index (χ2v) is 16.8. The van der Waals surface area contributed by atoms with Crippen LogP contribution in [0.15, 0.2) is 18.6 Å². The van der Waals surface area contributed by atoms with Crippen molar-refractivity contribution in [2.45, 2.75) is 143 Å². The van der Waals surface area contributed by atoms with Crippen LogP contribution in [0.4, 0.5) is 0 Å². The number of ketones is 4. The van der Waals surface area contributed by atoms with Crippen molar-refractivity contribution in [3.8, 4) is 0 Å². The van der Waals surface area contributed by atoms with E-state index in [2.05, 4.69) is 15.3 Å². The van der Waals surface area contributed by atoms with E-state index in [1.807, 2.05) is 27.7 Å². The van der Waals surface area contributed by atoms with E-state index in [1.165, 1.54) is 25.0 Å². The molecular formula is C40H58N4O6. The minimum atomic E-state index is -0.919. The summed E-state index contributed by atoms with van der Waals surface area (Å²) in [4.78, 5) is 92.3. The molecule has 1 aromatic rings. The molecule has 2 amide bonds. The van der Waals surface area contributed by atoms with Crippen LogP contribution in [0.25, 0.3) is 0 Å². The van der Waals surface area contributed by atoms with E-state index in [1.54, 1.807) is 4.90 Å². The van der Waals surface area contributed by atoms with Crippen molar-refractivity contribution in [3.05, 3.63) is 24.3 Å². The largest absolute Gasteiger partial charge is 0.344 e. The molecule has 3 saturated carbocycles. The number of carbonyl (C=O) groups is 6. The molecule has 0 unspecified atom stereocenters. The van der Waals surface area contributed by atoms with Gasteiger partial charge in [-0.2, -0.15) is 0 Å². The fraction of sp³-hybridized carbons (Fsp3) is 0.750. The molecule has 0 aromatic carbocycles. The van der Waals surface area contributed by atoms with Crippen LogP contribution in [0.5, 0.6) is 0 Å². The fourth-order valence-corrected chi connectivity index (χ4v) is 8.85. The summed E-state index contributed by atoms with van der Waals surface area (Å²) in [6.07, 6.45) is 16.4. The van der Waals surface area contributed by atoms with E-state index in [0.29, 0.717) is 37.6 Å². The molecule has 3 aliphatic carbocycles. The fourth-order valence-electron chi connectivity index (χ4n) is 8.85. The third kappa shape index (κ3) is 9.52. The Bertz CT molecular complexity index is 1400. The second kappa shape index (κ2) is 16.8. The first-order valence-electron chi connectivity index (χ1n) is 19.4. The van der Waals surface area contributed by atoms with Crippen molar-refractivity contribution >= 4 is 34.9 Å². The van der Waals surface area contributed by atoms with E-state index >= 15 is 0 Å². The Morgan fingerprint density at radius 1 is 0.880 bits per heavy atom. The molecule has 0 radical (unpaired) electrons. The van der Waals surface area contributed by atoms with Gasteiger partial charge in [-0.3, -0.25) is 33.8 Å². The van der Waals surface area contributed by atoms with Crippen molar-refractivity contribution in [1.82, 2.24) is 20.2 Å². The number of Topliss-reactive ketones (excluding diaryl/α,β-unsaturated/α-hetero) is 4. The van der Waals surface area contributed by atoms with E-state index in [4.69, 9.17) is 0 Å². The Morgan fingerprint density at radius 2 is 1.62 bits per heavy atom. The van der Waals surface area contributed by atoms with Crippen LogP contribution in [0, 0.1) is 40.9 Å². The third-order valence-corrected chi connectivity index (χ3v) is 11.8. The highest BCUT2D eigenvalue weighted by atomic mass is 16.2. The molecule has 0 spiro atoms. The smallest absolute Gasteiger partial charge is 0.246 e. The maximum Gasteiger partial charge on any atom is 0.246 e. The van der Waals surface area contributed by atoms with Crippen LogP contribution in [0.3, 0.4) is 0 Å². The van der Waals surface area contributed by atoms with Crippen LogP contribution >= 0.6 is 0 Å².